The van der Waals surface area contributed by atoms with E-state index in [9.17, 15) is 17.8 Å². The Kier molecular flexibility index (Phi) is 3.92. The number of anilines is 1. The van der Waals surface area contributed by atoms with Crippen LogP contribution in [0.15, 0.2) is 18.2 Å². The third-order valence-electron chi connectivity index (χ3n) is 1.68. The summed E-state index contributed by atoms with van der Waals surface area (Å²) in [6.07, 6.45) is 0. The smallest absolute Gasteiger partial charge is 0.262 e. The zero-order chi connectivity index (χ0) is 13.1. The van der Waals surface area contributed by atoms with Gasteiger partial charge < -0.3 is 18.8 Å². The molecule has 1 rings (SSSR count). The third-order valence-corrected chi connectivity index (χ3v) is 2.08. The second-order valence-electron chi connectivity index (χ2n) is 3.03. The number of ether oxygens (including phenoxy) is 1. The minimum absolute atomic E-state index is 0.182. The van der Waals surface area contributed by atoms with Crippen molar-refractivity contribution in [3.63, 3.8) is 0 Å². The highest BCUT2D eigenvalue weighted by Crippen LogP contribution is 2.29. The Hall–Kier alpha value is -1.80. The van der Waals surface area contributed by atoms with Crippen LogP contribution in [-0.4, -0.2) is 26.0 Å². The molecule has 0 aliphatic carbocycles. The number of carbonyl (C=O) groups is 1. The summed E-state index contributed by atoms with van der Waals surface area (Å²) >= 11 is 0. The fourth-order valence-corrected chi connectivity index (χ4v) is 1.47. The molecular weight excluding hydrogens is 250 g/mol. The lowest BCUT2D eigenvalue weighted by molar-refractivity contribution is -0.114. The van der Waals surface area contributed by atoms with E-state index < -0.39 is 10.4 Å². The number of benzene rings is 1. The quantitative estimate of drug-likeness (QED) is 0.624. The van der Waals surface area contributed by atoms with Crippen LogP contribution in [0.5, 0.6) is 11.5 Å². The molecule has 1 amide bonds. The predicted molar refractivity (Wildman–Crippen MR) is 57.6 cm³/mol. The van der Waals surface area contributed by atoms with Crippen molar-refractivity contribution >= 4 is 22.0 Å². The van der Waals surface area contributed by atoms with Crippen molar-refractivity contribution in [3.05, 3.63) is 18.2 Å². The summed E-state index contributed by atoms with van der Waals surface area (Å²) in [5.74, 6) is -0.319. The van der Waals surface area contributed by atoms with Crippen LogP contribution >= 0.6 is 0 Å². The monoisotopic (exact) mass is 260 g/mol. The van der Waals surface area contributed by atoms with E-state index in [-0.39, 0.29) is 17.4 Å². The van der Waals surface area contributed by atoms with E-state index in [1.807, 2.05) is 0 Å². The van der Waals surface area contributed by atoms with Gasteiger partial charge in [-0.1, -0.05) is 0 Å². The summed E-state index contributed by atoms with van der Waals surface area (Å²) in [6.45, 7) is 1.31. The van der Waals surface area contributed by atoms with Crippen LogP contribution in [0.1, 0.15) is 6.92 Å². The largest absolute Gasteiger partial charge is 0.716 e. The first kappa shape index (κ1) is 13.3. The zero-order valence-corrected chi connectivity index (χ0v) is 9.91. The minimum Gasteiger partial charge on any atom is -0.716 e. The van der Waals surface area contributed by atoms with Gasteiger partial charge in [-0.05, 0) is 12.1 Å². The topological polar surface area (TPSA) is 105 Å². The van der Waals surface area contributed by atoms with Crippen molar-refractivity contribution in [3.8, 4) is 11.5 Å². The summed E-state index contributed by atoms with van der Waals surface area (Å²) in [4.78, 5) is 10.9. The number of nitrogens with one attached hydrogen (secondary N) is 1. The molecule has 0 bridgehead atoms. The summed E-state index contributed by atoms with van der Waals surface area (Å²) in [5, 5.41) is 2.47. The second kappa shape index (κ2) is 5.02. The van der Waals surface area contributed by atoms with E-state index in [0.29, 0.717) is 5.69 Å². The summed E-state index contributed by atoms with van der Waals surface area (Å²) in [6, 6.07) is 3.77. The standard InChI is InChI=1S/C9H11NO6S/c1-6(11)10-8-4-3-7(5-9(8)15-2)16-17(12,13)14/h3-5H,1-2H3,(H,10,11)(H,12,13,14)/p-1. The lowest BCUT2D eigenvalue weighted by Gasteiger charge is -2.12. The molecule has 0 spiro atoms. The Morgan fingerprint density at radius 1 is 1.41 bits per heavy atom. The normalized spacial score (nSPS) is 10.8. The van der Waals surface area contributed by atoms with Crippen LogP contribution in [0, 0.1) is 0 Å². The van der Waals surface area contributed by atoms with Crippen molar-refractivity contribution in [1.29, 1.82) is 0 Å². The Labute approximate surface area is 98.3 Å². The SMILES string of the molecule is COc1cc(OS(=O)(=O)[O-])ccc1NC(C)=O. The number of hydrogen-bond donors (Lipinski definition) is 1. The first-order valence-electron chi connectivity index (χ1n) is 4.43. The van der Waals surface area contributed by atoms with E-state index in [1.54, 1.807) is 0 Å². The predicted octanol–water partition coefficient (Wildman–Crippen LogP) is 0.493. The number of amides is 1. The van der Waals surface area contributed by atoms with Crippen LogP contribution in [0.2, 0.25) is 0 Å². The first-order chi connectivity index (χ1) is 7.81. The molecule has 1 aromatic carbocycles. The van der Waals surface area contributed by atoms with Crippen LogP contribution < -0.4 is 14.2 Å². The minimum atomic E-state index is -4.83. The fourth-order valence-electron chi connectivity index (χ4n) is 1.13. The van der Waals surface area contributed by atoms with Crippen molar-refractivity contribution in [2.75, 3.05) is 12.4 Å². The molecule has 0 heterocycles. The average Bonchev–Trinajstić information content (AvgIpc) is 2.17. The van der Waals surface area contributed by atoms with Gasteiger partial charge >= 0.3 is 0 Å². The van der Waals surface area contributed by atoms with E-state index in [1.165, 1.54) is 32.2 Å². The average molecular weight is 260 g/mol. The molecule has 0 atom stereocenters. The van der Waals surface area contributed by atoms with Gasteiger partial charge in [0.05, 0.1) is 12.8 Å². The highest BCUT2D eigenvalue weighted by atomic mass is 32.3. The molecule has 0 aliphatic heterocycles. The van der Waals surface area contributed by atoms with Crippen LogP contribution in [0.4, 0.5) is 5.69 Å². The molecule has 0 fully saturated rings. The molecule has 0 aliphatic rings. The maximum Gasteiger partial charge on any atom is 0.262 e. The molecule has 8 heteroatoms. The highest BCUT2D eigenvalue weighted by molar-refractivity contribution is 7.81. The summed E-state index contributed by atoms with van der Waals surface area (Å²) in [5.41, 5.74) is 0.343. The molecule has 94 valence electrons. The van der Waals surface area contributed by atoms with Gasteiger partial charge in [-0.15, -0.1) is 0 Å². The van der Waals surface area contributed by atoms with Crippen molar-refractivity contribution in [1.82, 2.24) is 0 Å². The first-order valence-corrected chi connectivity index (χ1v) is 5.76. The molecule has 0 aromatic heterocycles. The van der Waals surface area contributed by atoms with Crippen LogP contribution in [0.25, 0.3) is 0 Å². The van der Waals surface area contributed by atoms with E-state index in [4.69, 9.17) is 4.74 Å². The molecule has 0 radical (unpaired) electrons. The Bertz CT molecular complexity index is 524. The number of carbonyl (C=O) groups excluding carboxylic acids is 1. The van der Waals surface area contributed by atoms with Crippen LogP contribution in [-0.2, 0) is 15.2 Å². The van der Waals surface area contributed by atoms with Gasteiger partial charge in [-0.3, -0.25) is 4.79 Å². The second-order valence-corrected chi connectivity index (χ2v) is 4.02. The van der Waals surface area contributed by atoms with Gasteiger partial charge in [0.1, 0.15) is 11.5 Å². The van der Waals surface area contributed by atoms with E-state index in [2.05, 4.69) is 9.50 Å². The highest BCUT2D eigenvalue weighted by Gasteiger charge is 2.08. The maximum absolute atomic E-state index is 10.9. The molecular formula is C9H10NO6S-. The Morgan fingerprint density at radius 3 is 2.53 bits per heavy atom. The maximum atomic E-state index is 10.9. The number of methoxy groups -OCH3 is 1. The molecule has 0 unspecified atom stereocenters. The molecule has 1 aromatic rings. The van der Waals surface area contributed by atoms with Crippen LogP contribution in [0.3, 0.4) is 0 Å². The zero-order valence-electron chi connectivity index (χ0n) is 9.09. The van der Waals surface area contributed by atoms with Gasteiger partial charge in [-0.2, -0.15) is 0 Å². The molecule has 7 nitrogen and oxygen atoms in total. The fraction of sp³-hybridized carbons (Fsp3) is 0.222. The number of rotatable bonds is 4. The lowest BCUT2D eigenvalue weighted by Crippen LogP contribution is -2.09. The molecule has 0 saturated heterocycles. The summed E-state index contributed by atoms with van der Waals surface area (Å²) in [7, 11) is -3.50. The van der Waals surface area contributed by atoms with E-state index in [0.717, 1.165) is 0 Å². The number of hydrogen-bond acceptors (Lipinski definition) is 6. The van der Waals surface area contributed by atoms with Crippen molar-refractivity contribution in [2.45, 2.75) is 6.92 Å². The Balaban J connectivity index is 3.04. The van der Waals surface area contributed by atoms with Crippen molar-refractivity contribution in [2.24, 2.45) is 0 Å². The molecule has 0 saturated carbocycles. The molecule has 1 N–H and O–H groups in total. The van der Waals surface area contributed by atoms with Gasteiger partial charge in [0, 0.05) is 13.0 Å². The lowest BCUT2D eigenvalue weighted by atomic mass is 10.2. The summed E-state index contributed by atoms with van der Waals surface area (Å²) < 4.78 is 40.2. The van der Waals surface area contributed by atoms with Crippen molar-refractivity contribution < 1.29 is 26.7 Å². The van der Waals surface area contributed by atoms with Gasteiger partial charge in [0.25, 0.3) is 10.4 Å². The van der Waals surface area contributed by atoms with Gasteiger partial charge in [0.15, 0.2) is 0 Å². The third kappa shape index (κ3) is 4.29. The van der Waals surface area contributed by atoms with Gasteiger partial charge in [0.2, 0.25) is 5.91 Å². The Morgan fingerprint density at radius 2 is 2.06 bits per heavy atom. The van der Waals surface area contributed by atoms with E-state index >= 15 is 0 Å². The van der Waals surface area contributed by atoms with Gasteiger partial charge in [-0.25, -0.2) is 8.42 Å². The molecule has 17 heavy (non-hydrogen) atoms.